The van der Waals surface area contributed by atoms with Gasteiger partial charge in [0.2, 0.25) is 0 Å². The lowest BCUT2D eigenvalue weighted by atomic mass is 9.99. The number of morpholine rings is 1. The highest BCUT2D eigenvalue weighted by molar-refractivity contribution is 4.93. The third kappa shape index (κ3) is 3.55. The molecule has 0 spiro atoms. The second kappa shape index (κ2) is 4.77. The molecule has 0 saturated carbocycles. The van der Waals surface area contributed by atoms with Gasteiger partial charge in [0.25, 0.3) is 0 Å². The van der Waals surface area contributed by atoms with Crippen LogP contribution in [0.25, 0.3) is 0 Å². The van der Waals surface area contributed by atoms with E-state index in [0.717, 1.165) is 25.5 Å². The molecule has 6 heteroatoms. The van der Waals surface area contributed by atoms with E-state index in [1.165, 1.54) is 0 Å². The van der Waals surface area contributed by atoms with Crippen molar-refractivity contribution < 1.29 is 4.74 Å². The van der Waals surface area contributed by atoms with Crippen molar-refractivity contribution in [3.05, 3.63) is 5.82 Å². The molecule has 0 aromatic carbocycles. The SMILES string of the molecule is CC1(C)CN(Cc2nnnn2C(C)(C)C)CC(C)(C)O1. The number of nitrogens with zero attached hydrogens (tertiary/aromatic N) is 5. The van der Waals surface area contributed by atoms with Gasteiger partial charge in [0, 0.05) is 13.1 Å². The summed E-state index contributed by atoms with van der Waals surface area (Å²) in [6.45, 7) is 17.4. The highest BCUT2D eigenvalue weighted by Gasteiger charge is 2.38. The zero-order valence-electron chi connectivity index (χ0n) is 13.8. The summed E-state index contributed by atoms with van der Waals surface area (Å²) >= 11 is 0. The third-order valence-electron chi connectivity index (χ3n) is 3.30. The van der Waals surface area contributed by atoms with Crippen LogP contribution in [-0.4, -0.2) is 49.4 Å². The van der Waals surface area contributed by atoms with Gasteiger partial charge in [-0.25, -0.2) is 4.68 Å². The molecular formula is C14H27N5O. The van der Waals surface area contributed by atoms with Crippen molar-refractivity contribution in [3.8, 4) is 0 Å². The van der Waals surface area contributed by atoms with Crippen LogP contribution in [0.5, 0.6) is 0 Å². The van der Waals surface area contributed by atoms with Crippen LogP contribution in [-0.2, 0) is 16.8 Å². The standard InChI is InChI=1S/C14H27N5O/c1-12(2,3)19-11(15-16-17-19)8-18-9-13(4,5)20-14(6,7)10-18/h8-10H2,1-7H3. The van der Waals surface area contributed by atoms with Gasteiger partial charge in [-0.3, -0.25) is 4.90 Å². The van der Waals surface area contributed by atoms with E-state index in [0.29, 0.717) is 0 Å². The fraction of sp³-hybridized carbons (Fsp3) is 0.929. The summed E-state index contributed by atoms with van der Waals surface area (Å²) in [7, 11) is 0. The highest BCUT2D eigenvalue weighted by atomic mass is 16.5. The molecule has 6 nitrogen and oxygen atoms in total. The van der Waals surface area contributed by atoms with Gasteiger partial charge in [-0.05, 0) is 58.9 Å². The lowest BCUT2D eigenvalue weighted by molar-refractivity contribution is -0.182. The van der Waals surface area contributed by atoms with Crippen LogP contribution in [0.2, 0.25) is 0 Å². The van der Waals surface area contributed by atoms with Crippen molar-refractivity contribution in [1.82, 2.24) is 25.1 Å². The second-order valence-corrected chi connectivity index (χ2v) is 7.94. The first kappa shape index (κ1) is 15.4. The zero-order valence-corrected chi connectivity index (χ0v) is 13.8. The van der Waals surface area contributed by atoms with E-state index in [1.54, 1.807) is 0 Å². The van der Waals surface area contributed by atoms with E-state index in [4.69, 9.17) is 4.74 Å². The molecule has 1 aromatic heterocycles. The molecule has 1 fully saturated rings. The highest BCUT2D eigenvalue weighted by Crippen LogP contribution is 2.29. The minimum atomic E-state index is -0.151. The maximum atomic E-state index is 6.11. The molecule has 20 heavy (non-hydrogen) atoms. The van der Waals surface area contributed by atoms with Crippen LogP contribution in [0.3, 0.4) is 0 Å². The molecule has 0 aliphatic carbocycles. The predicted molar refractivity (Wildman–Crippen MR) is 77.3 cm³/mol. The van der Waals surface area contributed by atoms with Gasteiger partial charge in [-0.2, -0.15) is 0 Å². The molecule has 2 rings (SSSR count). The van der Waals surface area contributed by atoms with Crippen LogP contribution in [0.4, 0.5) is 0 Å². The first-order chi connectivity index (χ1) is 8.99. The van der Waals surface area contributed by atoms with Crippen LogP contribution in [0.1, 0.15) is 54.3 Å². The summed E-state index contributed by atoms with van der Waals surface area (Å²) in [5, 5.41) is 12.1. The van der Waals surface area contributed by atoms with Crippen molar-refractivity contribution in [2.45, 2.75) is 71.8 Å². The number of rotatable bonds is 2. The summed E-state index contributed by atoms with van der Waals surface area (Å²) in [4.78, 5) is 2.37. The van der Waals surface area contributed by atoms with E-state index in [1.807, 2.05) is 4.68 Å². The summed E-state index contributed by atoms with van der Waals surface area (Å²) in [5.74, 6) is 0.908. The minimum Gasteiger partial charge on any atom is -0.367 e. The molecule has 0 radical (unpaired) electrons. The molecule has 114 valence electrons. The molecule has 1 aliphatic heterocycles. The molecule has 2 heterocycles. The average Bonchev–Trinajstić information content (AvgIpc) is 2.59. The maximum absolute atomic E-state index is 6.11. The van der Waals surface area contributed by atoms with Crippen LogP contribution in [0, 0.1) is 0 Å². The molecule has 1 saturated heterocycles. The molecule has 1 aromatic rings. The van der Waals surface area contributed by atoms with Crippen molar-refractivity contribution in [3.63, 3.8) is 0 Å². The molecule has 0 N–H and O–H groups in total. The molecule has 0 bridgehead atoms. The van der Waals surface area contributed by atoms with Gasteiger partial charge in [-0.1, -0.05) is 0 Å². The summed E-state index contributed by atoms with van der Waals surface area (Å²) in [6, 6.07) is 0. The Balaban J connectivity index is 2.16. The zero-order chi connectivity index (χ0) is 15.2. The van der Waals surface area contributed by atoms with E-state index in [-0.39, 0.29) is 16.7 Å². The lowest BCUT2D eigenvalue weighted by Gasteiger charge is -2.47. The normalized spacial score (nSPS) is 22.9. The number of hydrogen-bond donors (Lipinski definition) is 0. The molecule has 0 atom stereocenters. The fourth-order valence-electron chi connectivity index (χ4n) is 3.08. The summed E-state index contributed by atoms with van der Waals surface area (Å²) in [6.07, 6.45) is 0. The first-order valence-electron chi connectivity index (χ1n) is 7.19. The van der Waals surface area contributed by atoms with Crippen LogP contribution in [0.15, 0.2) is 0 Å². The molecular weight excluding hydrogens is 254 g/mol. The van der Waals surface area contributed by atoms with E-state index >= 15 is 0 Å². The van der Waals surface area contributed by atoms with Crippen LogP contribution >= 0.6 is 0 Å². The maximum Gasteiger partial charge on any atom is 0.165 e. The van der Waals surface area contributed by atoms with Gasteiger partial charge < -0.3 is 4.74 Å². The second-order valence-electron chi connectivity index (χ2n) is 7.94. The Hall–Kier alpha value is -1.01. The van der Waals surface area contributed by atoms with Gasteiger partial charge in [0.05, 0.1) is 23.3 Å². The Kier molecular flexibility index (Phi) is 3.67. The van der Waals surface area contributed by atoms with Crippen molar-refractivity contribution >= 4 is 0 Å². The van der Waals surface area contributed by atoms with Crippen molar-refractivity contribution in [1.29, 1.82) is 0 Å². The average molecular weight is 281 g/mol. The van der Waals surface area contributed by atoms with Crippen molar-refractivity contribution in [2.24, 2.45) is 0 Å². The Labute approximate surface area is 121 Å². The molecule has 0 amide bonds. The largest absolute Gasteiger partial charge is 0.367 e. The van der Waals surface area contributed by atoms with E-state index in [2.05, 4.69) is 68.9 Å². The Bertz CT molecular complexity index is 456. The number of ether oxygens (including phenoxy) is 1. The number of aromatic nitrogens is 4. The Morgan fingerprint density at radius 3 is 2.15 bits per heavy atom. The van der Waals surface area contributed by atoms with Gasteiger partial charge in [0.15, 0.2) is 5.82 Å². The Morgan fingerprint density at radius 2 is 1.65 bits per heavy atom. The van der Waals surface area contributed by atoms with Gasteiger partial charge in [0.1, 0.15) is 0 Å². The smallest absolute Gasteiger partial charge is 0.165 e. The monoisotopic (exact) mass is 281 g/mol. The summed E-state index contributed by atoms with van der Waals surface area (Å²) in [5.41, 5.74) is -0.403. The van der Waals surface area contributed by atoms with E-state index in [9.17, 15) is 0 Å². The quantitative estimate of drug-likeness (QED) is 0.827. The van der Waals surface area contributed by atoms with Crippen LogP contribution < -0.4 is 0 Å². The fourth-order valence-corrected chi connectivity index (χ4v) is 3.08. The van der Waals surface area contributed by atoms with Gasteiger partial charge in [-0.15, -0.1) is 5.10 Å². The topological polar surface area (TPSA) is 56.1 Å². The molecule has 0 unspecified atom stereocenters. The number of tetrazole rings is 1. The predicted octanol–water partition coefficient (Wildman–Crippen LogP) is 1.82. The number of hydrogen-bond acceptors (Lipinski definition) is 5. The Morgan fingerprint density at radius 1 is 1.10 bits per heavy atom. The molecule has 1 aliphatic rings. The minimum absolute atomic E-state index is 0.101. The lowest BCUT2D eigenvalue weighted by Crippen LogP contribution is -2.56. The summed E-state index contributed by atoms with van der Waals surface area (Å²) < 4.78 is 8.01. The third-order valence-corrected chi connectivity index (χ3v) is 3.30. The van der Waals surface area contributed by atoms with E-state index < -0.39 is 0 Å². The first-order valence-corrected chi connectivity index (χ1v) is 7.19. The van der Waals surface area contributed by atoms with Gasteiger partial charge >= 0.3 is 0 Å². The van der Waals surface area contributed by atoms with Crippen molar-refractivity contribution in [2.75, 3.05) is 13.1 Å².